The Kier molecular flexibility index (Phi) is 4.27. The van der Waals surface area contributed by atoms with E-state index in [9.17, 15) is 9.59 Å². The minimum Gasteiger partial charge on any atom is -0.493 e. The van der Waals surface area contributed by atoms with E-state index in [0.29, 0.717) is 29.3 Å². The third-order valence-electron chi connectivity index (χ3n) is 2.94. The maximum Gasteiger partial charge on any atom is 0.328 e. The molecule has 0 unspecified atom stereocenters. The maximum atomic E-state index is 11.9. The number of carboxylic acids is 1. The monoisotopic (exact) mass is 289 g/mol. The Morgan fingerprint density at radius 2 is 2.33 bits per heavy atom. The Bertz CT molecular complexity index is 621. The van der Waals surface area contributed by atoms with Gasteiger partial charge in [-0.15, -0.1) is 6.58 Å². The molecule has 1 amide bonds. The minimum absolute atomic E-state index is 0.0679. The maximum absolute atomic E-state index is 11.9. The van der Waals surface area contributed by atoms with E-state index in [1.807, 2.05) is 0 Å². The molecule has 0 aromatic heterocycles. The van der Waals surface area contributed by atoms with Crippen molar-refractivity contribution in [3.8, 4) is 11.5 Å². The quantitative estimate of drug-likeness (QED) is 0.659. The van der Waals surface area contributed by atoms with Gasteiger partial charge >= 0.3 is 5.97 Å². The zero-order chi connectivity index (χ0) is 15.4. The van der Waals surface area contributed by atoms with Gasteiger partial charge in [-0.3, -0.25) is 4.79 Å². The largest absolute Gasteiger partial charge is 0.493 e. The van der Waals surface area contributed by atoms with Gasteiger partial charge < -0.3 is 19.5 Å². The van der Waals surface area contributed by atoms with Crippen LogP contribution in [0.2, 0.25) is 0 Å². The number of rotatable bonds is 5. The summed E-state index contributed by atoms with van der Waals surface area (Å²) in [5, 5.41) is 8.70. The number of fused-ring (bicyclic) bond motifs is 1. The number of benzene rings is 1. The van der Waals surface area contributed by atoms with Crippen molar-refractivity contribution in [2.75, 3.05) is 25.2 Å². The second-order valence-electron chi connectivity index (χ2n) is 4.32. The summed E-state index contributed by atoms with van der Waals surface area (Å²) in [5.41, 5.74) is 1.14. The number of methoxy groups -OCH3 is 1. The van der Waals surface area contributed by atoms with Crippen LogP contribution in [0.3, 0.4) is 0 Å². The van der Waals surface area contributed by atoms with E-state index in [1.165, 1.54) is 18.1 Å². The molecular weight excluding hydrogens is 274 g/mol. The van der Waals surface area contributed by atoms with E-state index in [2.05, 4.69) is 6.58 Å². The zero-order valence-corrected chi connectivity index (χ0v) is 11.5. The summed E-state index contributed by atoms with van der Waals surface area (Å²) in [6, 6.07) is 3.33. The smallest absolute Gasteiger partial charge is 0.328 e. The average molecular weight is 289 g/mol. The van der Waals surface area contributed by atoms with E-state index in [0.717, 1.165) is 6.08 Å². The van der Waals surface area contributed by atoms with E-state index in [-0.39, 0.29) is 12.5 Å². The van der Waals surface area contributed by atoms with Crippen LogP contribution in [0.15, 0.2) is 30.9 Å². The summed E-state index contributed by atoms with van der Waals surface area (Å²) >= 11 is 0. The lowest BCUT2D eigenvalue weighted by atomic mass is 10.1. The van der Waals surface area contributed by atoms with Crippen molar-refractivity contribution in [1.82, 2.24) is 0 Å². The van der Waals surface area contributed by atoms with Crippen molar-refractivity contribution in [2.45, 2.75) is 0 Å². The molecular formula is C15H15NO5. The number of anilines is 1. The Morgan fingerprint density at radius 1 is 1.57 bits per heavy atom. The highest BCUT2D eigenvalue weighted by atomic mass is 16.5. The van der Waals surface area contributed by atoms with Crippen molar-refractivity contribution < 1.29 is 24.2 Å². The Morgan fingerprint density at radius 3 is 2.95 bits per heavy atom. The molecule has 1 aliphatic heterocycles. The zero-order valence-electron chi connectivity index (χ0n) is 11.5. The molecule has 1 aromatic rings. The fourth-order valence-corrected chi connectivity index (χ4v) is 2.04. The van der Waals surface area contributed by atoms with Crippen molar-refractivity contribution in [3.63, 3.8) is 0 Å². The highest BCUT2D eigenvalue weighted by molar-refractivity contribution is 5.99. The second kappa shape index (κ2) is 6.13. The fraction of sp³-hybridized carbons (Fsp3) is 0.200. The van der Waals surface area contributed by atoms with E-state index in [4.69, 9.17) is 14.6 Å². The number of hydrogen-bond acceptors (Lipinski definition) is 4. The Hall–Kier alpha value is -2.76. The van der Waals surface area contributed by atoms with Gasteiger partial charge in [0.25, 0.3) is 5.91 Å². The van der Waals surface area contributed by atoms with Crippen LogP contribution in [0.1, 0.15) is 5.56 Å². The number of nitrogens with zero attached hydrogens (tertiary/aromatic N) is 1. The molecule has 6 nitrogen and oxygen atoms in total. The van der Waals surface area contributed by atoms with Crippen LogP contribution < -0.4 is 14.4 Å². The van der Waals surface area contributed by atoms with Gasteiger partial charge in [0, 0.05) is 12.6 Å². The first-order chi connectivity index (χ1) is 10.1. The minimum atomic E-state index is -1.05. The number of ether oxygens (including phenoxy) is 2. The molecule has 0 aliphatic carbocycles. The van der Waals surface area contributed by atoms with Gasteiger partial charge in [0.05, 0.1) is 12.8 Å². The average Bonchev–Trinajstić information content (AvgIpc) is 2.47. The van der Waals surface area contributed by atoms with Gasteiger partial charge in [0.15, 0.2) is 18.1 Å². The molecule has 21 heavy (non-hydrogen) atoms. The molecule has 0 bridgehead atoms. The molecule has 0 atom stereocenters. The van der Waals surface area contributed by atoms with E-state index < -0.39 is 5.97 Å². The van der Waals surface area contributed by atoms with Crippen molar-refractivity contribution in [2.24, 2.45) is 0 Å². The van der Waals surface area contributed by atoms with Crippen LogP contribution in [0, 0.1) is 0 Å². The van der Waals surface area contributed by atoms with Gasteiger partial charge in [-0.25, -0.2) is 4.79 Å². The predicted molar refractivity (Wildman–Crippen MR) is 77.7 cm³/mol. The summed E-state index contributed by atoms with van der Waals surface area (Å²) in [6.07, 6.45) is 4.06. The van der Waals surface area contributed by atoms with Crippen molar-refractivity contribution in [1.29, 1.82) is 0 Å². The Labute approximate surface area is 121 Å². The normalized spacial score (nSPS) is 13.8. The molecule has 1 aromatic carbocycles. The van der Waals surface area contributed by atoms with Gasteiger partial charge in [-0.2, -0.15) is 0 Å². The first-order valence-corrected chi connectivity index (χ1v) is 6.24. The molecule has 110 valence electrons. The molecule has 0 radical (unpaired) electrons. The lowest BCUT2D eigenvalue weighted by Gasteiger charge is -2.29. The van der Waals surface area contributed by atoms with Gasteiger partial charge in [-0.05, 0) is 23.8 Å². The Balaban J connectivity index is 2.53. The number of hydrogen-bond donors (Lipinski definition) is 1. The summed E-state index contributed by atoms with van der Waals surface area (Å²) < 4.78 is 10.7. The summed E-state index contributed by atoms with van der Waals surface area (Å²) in [7, 11) is 1.48. The summed E-state index contributed by atoms with van der Waals surface area (Å²) in [4.78, 5) is 24.1. The predicted octanol–water partition coefficient (Wildman–Crippen LogP) is 1.70. The number of carboxylic acid groups (broad SMARTS) is 1. The van der Waals surface area contributed by atoms with Crippen molar-refractivity contribution >= 4 is 23.6 Å². The fourth-order valence-electron chi connectivity index (χ4n) is 2.04. The molecule has 1 aliphatic rings. The van der Waals surface area contributed by atoms with Crippen LogP contribution in [0.5, 0.6) is 11.5 Å². The lowest BCUT2D eigenvalue weighted by Crippen LogP contribution is -2.39. The highest BCUT2D eigenvalue weighted by Crippen LogP contribution is 2.41. The van der Waals surface area contributed by atoms with Crippen LogP contribution in [0.4, 0.5) is 5.69 Å². The van der Waals surface area contributed by atoms with Crippen LogP contribution in [-0.4, -0.2) is 37.2 Å². The third kappa shape index (κ3) is 3.05. The highest BCUT2D eigenvalue weighted by Gasteiger charge is 2.27. The SMILES string of the molecule is C=CCN1C(=O)COc2c(OC)cc(/C=C/C(=O)O)cc21. The van der Waals surface area contributed by atoms with Crippen LogP contribution >= 0.6 is 0 Å². The topological polar surface area (TPSA) is 76.1 Å². The molecule has 1 N–H and O–H groups in total. The first kappa shape index (κ1) is 14.6. The van der Waals surface area contributed by atoms with Crippen LogP contribution in [-0.2, 0) is 9.59 Å². The van der Waals surface area contributed by atoms with Gasteiger partial charge in [-0.1, -0.05) is 6.08 Å². The number of aliphatic carboxylic acids is 1. The van der Waals surface area contributed by atoms with Gasteiger partial charge in [0.2, 0.25) is 0 Å². The number of amides is 1. The standard InChI is InChI=1S/C15H15NO5/c1-3-6-16-11-7-10(4-5-14(18)19)8-12(20-2)15(11)21-9-13(16)17/h3-5,7-8H,1,6,9H2,2H3,(H,18,19)/b5-4+. The van der Waals surface area contributed by atoms with E-state index >= 15 is 0 Å². The van der Waals surface area contributed by atoms with Gasteiger partial charge in [0.1, 0.15) is 0 Å². The molecule has 0 fully saturated rings. The summed E-state index contributed by atoms with van der Waals surface area (Å²) in [5.74, 6) is -0.337. The van der Waals surface area contributed by atoms with Crippen LogP contribution in [0.25, 0.3) is 6.08 Å². The molecule has 0 spiro atoms. The number of carbonyl (C=O) groups is 2. The second-order valence-corrected chi connectivity index (χ2v) is 4.32. The summed E-state index contributed by atoms with van der Waals surface area (Å²) in [6.45, 7) is 3.90. The molecule has 0 saturated carbocycles. The third-order valence-corrected chi connectivity index (χ3v) is 2.94. The molecule has 0 saturated heterocycles. The van der Waals surface area contributed by atoms with E-state index in [1.54, 1.807) is 18.2 Å². The molecule has 6 heteroatoms. The lowest BCUT2D eigenvalue weighted by molar-refractivity contribution is -0.131. The van der Waals surface area contributed by atoms with Crippen molar-refractivity contribution in [3.05, 3.63) is 36.4 Å². The molecule has 1 heterocycles. The number of carbonyl (C=O) groups excluding carboxylic acids is 1. The molecule has 2 rings (SSSR count). The first-order valence-electron chi connectivity index (χ1n) is 6.24.